The maximum atomic E-state index is 5.84. The van der Waals surface area contributed by atoms with Crippen LogP contribution in [0.5, 0.6) is 0 Å². The minimum atomic E-state index is 0.811. The molecule has 18 heavy (non-hydrogen) atoms. The fourth-order valence-corrected chi connectivity index (χ4v) is 3.17. The molecule has 0 aliphatic carbocycles. The topological polar surface area (TPSA) is 29.3 Å². The number of hydrogen-bond donors (Lipinski definition) is 1. The fraction of sp³-hybridized carbons (Fsp3) is 0.286. The lowest BCUT2D eigenvalue weighted by atomic mass is 10.2. The van der Waals surface area contributed by atoms with E-state index in [-0.39, 0.29) is 0 Å². The molecule has 4 heteroatoms. The van der Waals surface area contributed by atoms with E-state index in [0.717, 1.165) is 29.7 Å². The second kappa shape index (κ2) is 6.36. The van der Waals surface area contributed by atoms with E-state index >= 15 is 0 Å². The van der Waals surface area contributed by atoms with E-state index in [9.17, 15) is 0 Å². The van der Waals surface area contributed by atoms with Crippen molar-refractivity contribution < 1.29 is 0 Å². The van der Waals surface area contributed by atoms with Crippen LogP contribution >= 0.6 is 27.3 Å². The molecule has 0 aliphatic heterocycles. The molecule has 0 spiro atoms. The molecule has 2 aromatic rings. The molecular formula is C14H17BrN2S. The highest BCUT2D eigenvalue weighted by Crippen LogP contribution is 2.18. The summed E-state index contributed by atoms with van der Waals surface area (Å²) in [5, 5.41) is 2.13. The van der Waals surface area contributed by atoms with Crippen LogP contribution in [-0.4, -0.2) is 18.5 Å². The lowest BCUT2D eigenvalue weighted by Crippen LogP contribution is -2.20. The number of halogens is 1. The molecular weight excluding hydrogens is 308 g/mol. The summed E-state index contributed by atoms with van der Waals surface area (Å²) in [5.41, 5.74) is 7.90. The Morgan fingerprint density at radius 2 is 2.17 bits per heavy atom. The molecule has 1 aromatic carbocycles. The van der Waals surface area contributed by atoms with Crippen LogP contribution in [0.15, 0.2) is 40.2 Å². The van der Waals surface area contributed by atoms with Gasteiger partial charge in [-0.3, -0.25) is 0 Å². The van der Waals surface area contributed by atoms with Crippen molar-refractivity contribution >= 4 is 33.0 Å². The summed E-state index contributed by atoms with van der Waals surface area (Å²) in [6.07, 6.45) is 1.11. The Hall–Kier alpha value is -0.840. The van der Waals surface area contributed by atoms with Gasteiger partial charge in [0.25, 0.3) is 0 Å². The van der Waals surface area contributed by atoms with E-state index in [4.69, 9.17) is 5.73 Å². The Morgan fingerprint density at radius 3 is 2.83 bits per heavy atom. The Labute approximate surface area is 121 Å². The Kier molecular flexibility index (Phi) is 4.80. The number of benzene rings is 1. The molecule has 0 saturated heterocycles. The molecule has 2 nitrogen and oxygen atoms in total. The van der Waals surface area contributed by atoms with Gasteiger partial charge in [-0.1, -0.05) is 22.0 Å². The first-order chi connectivity index (χ1) is 8.63. The summed E-state index contributed by atoms with van der Waals surface area (Å²) < 4.78 is 1.05. The van der Waals surface area contributed by atoms with Gasteiger partial charge in [-0.05, 0) is 48.7 Å². The van der Waals surface area contributed by atoms with Crippen LogP contribution in [0.3, 0.4) is 0 Å². The standard InChI is InChI=1S/C14H17BrN2S/c1-17(5-4-14-3-2-6-18-14)10-11-7-12(15)9-13(16)8-11/h2-3,6-9H,4-5,10,16H2,1H3. The van der Waals surface area contributed by atoms with E-state index in [0.29, 0.717) is 0 Å². The maximum Gasteiger partial charge on any atom is 0.0328 e. The first-order valence-corrected chi connectivity index (χ1v) is 7.56. The third kappa shape index (κ3) is 4.12. The van der Waals surface area contributed by atoms with Crippen LogP contribution in [0.25, 0.3) is 0 Å². The van der Waals surface area contributed by atoms with Gasteiger partial charge in [-0.15, -0.1) is 11.3 Å². The van der Waals surface area contributed by atoms with E-state index in [1.807, 2.05) is 23.5 Å². The molecule has 2 rings (SSSR count). The number of rotatable bonds is 5. The lowest BCUT2D eigenvalue weighted by Gasteiger charge is -2.16. The van der Waals surface area contributed by atoms with Crippen molar-refractivity contribution in [2.45, 2.75) is 13.0 Å². The Bertz CT molecular complexity index is 476. The zero-order chi connectivity index (χ0) is 13.0. The van der Waals surface area contributed by atoms with Gasteiger partial charge in [0.05, 0.1) is 0 Å². The van der Waals surface area contributed by atoms with Crippen molar-refractivity contribution in [2.24, 2.45) is 0 Å². The number of hydrogen-bond acceptors (Lipinski definition) is 3. The average molecular weight is 325 g/mol. The third-order valence-corrected chi connectivity index (χ3v) is 4.15. The van der Waals surface area contributed by atoms with Crippen molar-refractivity contribution in [3.8, 4) is 0 Å². The minimum Gasteiger partial charge on any atom is -0.399 e. The number of thiophene rings is 1. The van der Waals surface area contributed by atoms with Crippen molar-refractivity contribution in [3.63, 3.8) is 0 Å². The summed E-state index contributed by atoms with van der Waals surface area (Å²) in [7, 11) is 2.14. The van der Waals surface area contributed by atoms with Gasteiger partial charge >= 0.3 is 0 Å². The number of nitrogen functional groups attached to an aromatic ring is 1. The summed E-state index contributed by atoms with van der Waals surface area (Å²) in [5.74, 6) is 0. The third-order valence-electron chi connectivity index (χ3n) is 2.75. The summed E-state index contributed by atoms with van der Waals surface area (Å²) >= 11 is 5.30. The Balaban J connectivity index is 1.88. The van der Waals surface area contributed by atoms with Crippen LogP contribution in [0.2, 0.25) is 0 Å². The average Bonchev–Trinajstić information content (AvgIpc) is 2.77. The monoisotopic (exact) mass is 324 g/mol. The lowest BCUT2D eigenvalue weighted by molar-refractivity contribution is 0.332. The second-order valence-electron chi connectivity index (χ2n) is 4.46. The van der Waals surface area contributed by atoms with Gasteiger partial charge in [0.1, 0.15) is 0 Å². The molecule has 0 unspecified atom stereocenters. The SMILES string of the molecule is CN(CCc1cccs1)Cc1cc(N)cc(Br)c1. The van der Waals surface area contributed by atoms with Gasteiger partial charge in [-0.25, -0.2) is 0 Å². The minimum absolute atomic E-state index is 0.811. The predicted molar refractivity (Wildman–Crippen MR) is 82.9 cm³/mol. The smallest absolute Gasteiger partial charge is 0.0328 e. The first-order valence-electron chi connectivity index (χ1n) is 5.89. The number of likely N-dealkylation sites (N-methyl/N-ethyl adjacent to an activating group) is 1. The van der Waals surface area contributed by atoms with Crippen molar-refractivity contribution in [2.75, 3.05) is 19.3 Å². The van der Waals surface area contributed by atoms with Gasteiger partial charge in [-0.2, -0.15) is 0 Å². The molecule has 0 fully saturated rings. The van der Waals surface area contributed by atoms with Crippen molar-refractivity contribution in [1.29, 1.82) is 0 Å². The first kappa shape index (κ1) is 13.6. The van der Waals surface area contributed by atoms with Crippen LogP contribution in [-0.2, 0) is 13.0 Å². The molecule has 0 bridgehead atoms. The van der Waals surface area contributed by atoms with Crippen LogP contribution in [0.1, 0.15) is 10.4 Å². The highest BCUT2D eigenvalue weighted by Gasteiger charge is 2.03. The predicted octanol–water partition coefficient (Wildman–Crippen LogP) is 3.77. The fourth-order valence-electron chi connectivity index (χ4n) is 1.91. The van der Waals surface area contributed by atoms with Crippen LogP contribution in [0, 0.1) is 0 Å². The van der Waals surface area contributed by atoms with E-state index in [2.05, 4.69) is 51.5 Å². The maximum absolute atomic E-state index is 5.84. The molecule has 0 aliphatic rings. The highest BCUT2D eigenvalue weighted by atomic mass is 79.9. The van der Waals surface area contributed by atoms with Crippen molar-refractivity contribution in [3.05, 3.63) is 50.6 Å². The van der Waals surface area contributed by atoms with Gasteiger partial charge in [0.2, 0.25) is 0 Å². The summed E-state index contributed by atoms with van der Waals surface area (Å²) in [4.78, 5) is 3.76. The molecule has 0 saturated carbocycles. The van der Waals surface area contributed by atoms with E-state index in [1.54, 1.807) is 0 Å². The zero-order valence-corrected chi connectivity index (χ0v) is 12.8. The van der Waals surface area contributed by atoms with Gasteiger partial charge in [0, 0.05) is 28.1 Å². The number of anilines is 1. The number of nitrogens with zero attached hydrogens (tertiary/aromatic N) is 1. The Morgan fingerprint density at radius 1 is 1.33 bits per heavy atom. The van der Waals surface area contributed by atoms with Crippen molar-refractivity contribution in [1.82, 2.24) is 4.90 Å². The molecule has 1 heterocycles. The highest BCUT2D eigenvalue weighted by molar-refractivity contribution is 9.10. The number of nitrogens with two attached hydrogens (primary N) is 1. The van der Waals surface area contributed by atoms with E-state index < -0.39 is 0 Å². The molecule has 2 N–H and O–H groups in total. The normalized spacial score (nSPS) is 11.1. The quantitative estimate of drug-likeness (QED) is 0.848. The zero-order valence-electron chi connectivity index (χ0n) is 10.4. The molecule has 0 radical (unpaired) electrons. The summed E-state index contributed by atoms with van der Waals surface area (Å²) in [6, 6.07) is 10.4. The molecule has 1 aromatic heterocycles. The second-order valence-corrected chi connectivity index (χ2v) is 6.41. The van der Waals surface area contributed by atoms with Crippen LogP contribution in [0.4, 0.5) is 5.69 Å². The van der Waals surface area contributed by atoms with Gasteiger partial charge < -0.3 is 10.6 Å². The van der Waals surface area contributed by atoms with E-state index in [1.165, 1.54) is 10.4 Å². The molecule has 0 amide bonds. The largest absolute Gasteiger partial charge is 0.399 e. The van der Waals surface area contributed by atoms with Crippen LogP contribution < -0.4 is 5.73 Å². The van der Waals surface area contributed by atoms with Gasteiger partial charge in [0.15, 0.2) is 0 Å². The summed E-state index contributed by atoms with van der Waals surface area (Å²) in [6.45, 7) is 1.99. The molecule has 96 valence electrons. The molecule has 0 atom stereocenters.